The molecule has 0 fully saturated rings. The van der Waals surface area contributed by atoms with E-state index in [1.54, 1.807) is 11.5 Å². The zero-order valence-electron chi connectivity index (χ0n) is 13.6. The van der Waals surface area contributed by atoms with Crippen molar-refractivity contribution in [3.8, 4) is 0 Å². The fraction of sp³-hybridized carbons (Fsp3) is 0.444. The topological polar surface area (TPSA) is 212 Å². The van der Waals surface area contributed by atoms with Gasteiger partial charge in [-0.3, -0.25) is 0 Å². The number of hydrogen-bond acceptors (Lipinski definition) is 10. The molecule has 0 bridgehead atoms. The van der Waals surface area contributed by atoms with E-state index in [2.05, 4.69) is 35.4 Å². The molecule has 0 radical (unpaired) electrons. The van der Waals surface area contributed by atoms with E-state index in [9.17, 15) is 18.9 Å². The Morgan fingerprint density at radius 2 is 1.89 bits per heavy atom. The van der Waals surface area contributed by atoms with Crippen molar-refractivity contribution in [2.45, 2.75) is 19.6 Å². The van der Waals surface area contributed by atoms with Crippen LogP contribution in [0, 0.1) is 0 Å². The first-order valence-electron chi connectivity index (χ1n) is 6.94. The first-order valence-corrected chi connectivity index (χ1v) is 12.8. The van der Waals surface area contributed by atoms with Gasteiger partial charge in [-0.1, -0.05) is 0 Å². The molecule has 2 aromatic rings. The summed E-state index contributed by atoms with van der Waals surface area (Å²) in [6.07, 6.45) is 1.46. The quantitative estimate of drug-likeness (QED) is 0.317. The number of fused-ring (bicyclic) bond motifs is 1. The third-order valence-electron chi connectivity index (χ3n) is 2.85. The van der Waals surface area contributed by atoms with Crippen molar-refractivity contribution in [1.29, 1.82) is 0 Å². The fourth-order valence-corrected chi connectivity index (χ4v) is 6.24. The van der Waals surface area contributed by atoms with Crippen LogP contribution in [0.2, 0.25) is 0 Å². The second kappa shape index (κ2) is 8.27. The molecule has 2 rings (SSSR count). The van der Waals surface area contributed by atoms with Crippen LogP contribution >= 0.6 is 22.1 Å². The van der Waals surface area contributed by atoms with Gasteiger partial charge in [-0.05, 0) is 18.7 Å². The molecule has 0 aliphatic carbocycles. The first-order chi connectivity index (χ1) is 12.3. The van der Waals surface area contributed by atoms with Crippen LogP contribution in [0.15, 0.2) is 12.7 Å². The molecule has 0 aliphatic heterocycles. The highest BCUT2D eigenvalue weighted by atomic mass is 32.5. The Morgan fingerprint density at radius 3 is 2.52 bits per heavy atom. The maximum absolute atomic E-state index is 11.5. The minimum atomic E-state index is -5.33. The maximum atomic E-state index is 11.5. The molecule has 2 aromatic heterocycles. The smallest absolute Gasteiger partial charge is 0.382 e. The number of nitrogens with zero attached hydrogens (tertiary/aromatic N) is 4. The number of nitrogen functional groups attached to an aromatic ring is 1. The fourth-order valence-electron chi connectivity index (χ4n) is 1.92. The van der Waals surface area contributed by atoms with Gasteiger partial charge in [0.25, 0.3) is 0 Å². The van der Waals surface area contributed by atoms with Crippen LogP contribution < -0.4 is 5.73 Å². The molecule has 0 saturated carbocycles. The van der Waals surface area contributed by atoms with Gasteiger partial charge in [-0.2, -0.15) is 4.31 Å². The highest BCUT2D eigenvalue weighted by molar-refractivity contribution is 8.10. The summed E-state index contributed by atoms with van der Waals surface area (Å²) in [6.45, 7) is -2.23. The zero-order valence-corrected chi connectivity index (χ0v) is 17.1. The number of anilines is 1. The van der Waals surface area contributed by atoms with E-state index in [0.717, 1.165) is 0 Å². The third-order valence-corrected chi connectivity index (χ3v) is 7.76. The van der Waals surface area contributed by atoms with Gasteiger partial charge in [-0.15, -0.1) is 0 Å². The highest BCUT2D eigenvalue weighted by Gasteiger charge is 2.37. The van der Waals surface area contributed by atoms with E-state index < -0.39 is 34.6 Å². The predicted octanol–water partition coefficient (Wildman–Crippen LogP) is 0.299. The van der Waals surface area contributed by atoms with E-state index in [1.165, 1.54) is 12.7 Å². The number of phosphoric acid groups is 2. The Hall–Kier alpha value is -0.820. The molecule has 152 valence electrons. The minimum Gasteiger partial charge on any atom is -0.382 e. The van der Waals surface area contributed by atoms with Gasteiger partial charge in [0.2, 0.25) is 6.49 Å². The molecule has 27 heavy (non-hydrogen) atoms. The van der Waals surface area contributed by atoms with Crippen LogP contribution in [0.4, 0.5) is 5.82 Å². The van der Waals surface area contributed by atoms with Gasteiger partial charge in [0.05, 0.1) is 19.0 Å². The van der Waals surface area contributed by atoms with Crippen molar-refractivity contribution in [2.75, 3.05) is 12.1 Å². The first kappa shape index (κ1) is 22.5. The van der Waals surface area contributed by atoms with Crippen LogP contribution in [0.1, 0.15) is 6.92 Å². The lowest BCUT2D eigenvalue weighted by Crippen LogP contribution is -2.17. The lowest BCUT2D eigenvalue weighted by Gasteiger charge is -2.21. The number of rotatable bonds is 9. The number of hydrogen-bond donors (Lipinski definition) is 5. The summed E-state index contributed by atoms with van der Waals surface area (Å²) in [5.74, 6) is 0.204. The Balaban J connectivity index is 1.96. The van der Waals surface area contributed by atoms with Crippen LogP contribution in [-0.4, -0.2) is 51.5 Å². The summed E-state index contributed by atoms with van der Waals surface area (Å²) in [7, 11) is -10.6. The largest absolute Gasteiger partial charge is 0.486 e. The van der Waals surface area contributed by atoms with Gasteiger partial charge in [-0.25, -0.2) is 28.4 Å². The van der Waals surface area contributed by atoms with E-state index in [0.29, 0.717) is 11.2 Å². The van der Waals surface area contributed by atoms with Crippen molar-refractivity contribution in [3.63, 3.8) is 0 Å². The van der Waals surface area contributed by atoms with Crippen LogP contribution in [-0.2, 0) is 40.8 Å². The molecule has 6 N–H and O–H groups in total. The normalized spacial score (nSPS) is 18.1. The van der Waals surface area contributed by atoms with Crippen molar-refractivity contribution in [2.24, 2.45) is 0 Å². The van der Waals surface area contributed by atoms with Gasteiger partial charge in [0.1, 0.15) is 18.2 Å². The van der Waals surface area contributed by atoms with Gasteiger partial charge in [0.15, 0.2) is 11.5 Å². The van der Waals surface area contributed by atoms with Crippen molar-refractivity contribution in [3.05, 3.63) is 12.7 Å². The SMILES string of the molecule is C[C@H](Cn1cnc2c(N)ncnc21)OCP(O)(=S)OP(=O)(O)OP(=O)(O)O. The van der Waals surface area contributed by atoms with Crippen molar-refractivity contribution >= 4 is 50.9 Å². The molecule has 3 atom stereocenters. The Labute approximate surface area is 157 Å². The summed E-state index contributed by atoms with van der Waals surface area (Å²) in [5.41, 5.74) is 6.53. The van der Waals surface area contributed by atoms with Crippen LogP contribution in [0.5, 0.6) is 0 Å². The number of ether oxygens (including phenoxy) is 1. The van der Waals surface area contributed by atoms with Crippen LogP contribution in [0.25, 0.3) is 11.2 Å². The van der Waals surface area contributed by atoms with E-state index in [4.69, 9.17) is 20.3 Å². The lowest BCUT2D eigenvalue weighted by molar-refractivity contribution is 0.0812. The highest BCUT2D eigenvalue weighted by Crippen LogP contribution is 2.66. The Morgan fingerprint density at radius 1 is 1.22 bits per heavy atom. The van der Waals surface area contributed by atoms with Crippen molar-refractivity contribution < 1.29 is 42.1 Å². The second-order valence-corrected chi connectivity index (χ2v) is 11.7. The minimum absolute atomic E-state index is 0.204. The summed E-state index contributed by atoms with van der Waals surface area (Å²) < 4.78 is 36.8. The predicted molar refractivity (Wildman–Crippen MR) is 95.7 cm³/mol. The van der Waals surface area contributed by atoms with E-state index in [-0.39, 0.29) is 12.4 Å². The molecule has 0 amide bonds. The number of nitrogens with two attached hydrogens (primary N) is 1. The average Bonchev–Trinajstić information content (AvgIpc) is 2.86. The van der Waals surface area contributed by atoms with E-state index >= 15 is 0 Å². The number of imidazole rings is 1. The molecule has 18 heteroatoms. The van der Waals surface area contributed by atoms with Crippen LogP contribution in [0.3, 0.4) is 0 Å². The van der Waals surface area contributed by atoms with E-state index in [1.807, 2.05) is 0 Å². The van der Waals surface area contributed by atoms with Gasteiger partial charge < -0.3 is 34.6 Å². The Bertz CT molecular complexity index is 964. The molecule has 0 aromatic carbocycles. The summed E-state index contributed by atoms with van der Waals surface area (Å²) >= 11 is 4.64. The summed E-state index contributed by atoms with van der Waals surface area (Å²) in [5, 5.41) is 0. The molecular formula is C9H16N5O9P3S. The molecular weight excluding hydrogens is 447 g/mol. The average molecular weight is 463 g/mol. The molecule has 0 spiro atoms. The monoisotopic (exact) mass is 463 g/mol. The summed E-state index contributed by atoms with van der Waals surface area (Å²) in [6, 6.07) is 0. The van der Waals surface area contributed by atoms with Gasteiger partial charge >= 0.3 is 15.6 Å². The second-order valence-electron chi connectivity index (χ2n) is 5.19. The lowest BCUT2D eigenvalue weighted by atomic mass is 10.4. The third kappa shape index (κ3) is 6.93. The molecule has 0 saturated heterocycles. The summed E-state index contributed by atoms with van der Waals surface area (Å²) in [4.78, 5) is 48.1. The molecule has 0 aliphatic rings. The maximum Gasteiger partial charge on any atom is 0.486 e. The van der Waals surface area contributed by atoms with Gasteiger partial charge in [0, 0.05) is 0 Å². The Kier molecular flexibility index (Phi) is 6.89. The molecule has 2 unspecified atom stereocenters. The standard InChI is InChI=1S/C9H16N5O9P3S/c1-6(2-14-4-13-7-8(10)11-3-12-9(7)14)21-5-24(15,27)22-26(19,20)23-25(16,17)18/h3-4,6H,2,5H2,1H3,(H,15,27)(H,19,20)(H2,10,11,12)(H2,16,17,18)/t6-,24?/m1/s1. The van der Waals surface area contributed by atoms with Crippen molar-refractivity contribution in [1.82, 2.24) is 19.5 Å². The molecule has 2 heterocycles. The number of aromatic nitrogens is 4. The molecule has 14 nitrogen and oxygen atoms in total. The zero-order chi connectivity index (χ0) is 20.5.